The highest BCUT2D eigenvalue weighted by Crippen LogP contribution is 2.00. The normalized spacial score (nSPS) is 9.71. The van der Waals surface area contributed by atoms with Gasteiger partial charge in [-0.2, -0.15) is 5.06 Å². The van der Waals surface area contributed by atoms with Crippen molar-refractivity contribution in [3.05, 3.63) is 0 Å². The average Bonchev–Trinajstić information content (AvgIpc) is 2.13. The molecule has 0 rings (SSSR count). The first-order chi connectivity index (χ1) is 6.49. The zero-order chi connectivity index (χ0) is 11.1. The second-order valence-corrected chi connectivity index (χ2v) is 3.16. The molecule has 0 N–H and O–H groups in total. The molecule has 0 fully saturated rings. The Bertz CT molecular complexity index is 225. The van der Waals surface area contributed by atoms with Crippen LogP contribution in [0.3, 0.4) is 0 Å². The first-order valence-electron chi connectivity index (χ1n) is 4.41. The number of carbonyl (C=O) groups is 3. The molecule has 0 saturated heterocycles. The van der Waals surface area contributed by atoms with Crippen LogP contribution in [0.4, 0.5) is 0 Å². The molecule has 5 heteroatoms. The van der Waals surface area contributed by atoms with E-state index < -0.39 is 5.97 Å². The summed E-state index contributed by atoms with van der Waals surface area (Å²) in [6, 6.07) is 0. The van der Waals surface area contributed by atoms with Crippen LogP contribution in [0.25, 0.3) is 0 Å². The molecule has 14 heavy (non-hydrogen) atoms. The molecule has 0 unspecified atom stereocenters. The van der Waals surface area contributed by atoms with Crippen molar-refractivity contribution in [2.45, 2.75) is 26.7 Å². The quantitative estimate of drug-likeness (QED) is 0.492. The number of nitrogens with zero attached hydrogens (tertiary/aromatic N) is 1. The van der Waals surface area contributed by atoms with E-state index in [0.717, 1.165) is 5.06 Å². The van der Waals surface area contributed by atoms with E-state index in [1.54, 1.807) is 13.8 Å². The monoisotopic (exact) mass is 201 g/mol. The maximum Gasteiger partial charge on any atom is 0.335 e. The van der Waals surface area contributed by atoms with Gasteiger partial charge in [-0.25, -0.2) is 4.79 Å². The van der Waals surface area contributed by atoms with Crippen molar-refractivity contribution >= 4 is 18.2 Å². The number of aldehydes is 1. The summed E-state index contributed by atoms with van der Waals surface area (Å²) in [6.45, 7) is 3.35. The molecule has 0 aliphatic carbocycles. The van der Waals surface area contributed by atoms with Gasteiger partial charge in [0.05, 0.1) is 5.92 Å². The average molecular weight is 201 g/mol. The second-order valence-electron chi connectivity index (χ2n) is 3.16. The van der Waals surface area contributed by atoms with E-state index in [2.05, 4.69) is 0 Å². The Morgan fingerprint density at radius 2 is 2.00 bits per heavy atom. The first-order valence-corrected chi connectivity index (χ1v) is 4.41. The number of hydrogen-bond donors (Lipinski definition) is 0. The number of amides is 1. The fourth-order valence-corrected chi connectivity index (χ4v) is 0.631. The SMILES string of the molecule is CC(C)C(=O)ON(C)C(=O)CCC=O. The molecule has 0 saturated carbocycles. The van der Waals surface area contributed by atoms with Gasteiger partial charge in [-0.3, -0.25) is 4.79 Å². The lowest BCUT2D eigenvalue weighted by Crippen LogP contribution is -2.31. The minimum absolute atomic E-state index is 0.0609. The van der Waals surface area contributed by atoms with Gasteiger partial charge in [0.2, 0.25) is 0 Å². The molecule has 1 amide bonds. The van der Waals surface area contributed by atoms with Gasteiger partial charge in [-0.15, -0.1) is 0 Å². The van der Waals surface area contributed by atoms with Gasteiger partial charge in [0.1, 0.15) is 6.29 Å². The standard InChI is InChI=1S/C9H15NO4/c1-7(2)9(13)14-10(3)8(12)5-4-6-11/h6-7H,4-5H2,1-3H3. The summed E-state index contributed by atoms with van der Waals surface area (Å²) in [4.78, 5) is 36.9. The number of hydrogen-bond acceptors (Lipinski definition) is 4. The van der Waals surface area contributed by atoms with Crippen molar-refractivity contribution in [1.29, 1.82) is 0 Å². The lowest BCUT2D eigenvalue weighted by atomic mass is 10.2. The van der Waals surface area contributed by atoms with E-state index >= 15 is 0 Å². The van der Waals surface area contributed by atoms with Gasteiger partial charge >= 0.3 is 5.97 Å². The predicted octanol–water partition coefficient (Wildman–Crippen LogP) is 0.538. The Morgan fingerprint density at radius 1 is 1.43 bits per heavy atom. The summed E-state index contributed by atoms with van der Waals surface area (Å²) in [5.74, 6) is -1.13. The van der Waals surface area contributed by atoms with Crippen molar-refractivity contribution in [3.8, 4) is 0 Å². The molecule has 5 nitrogen and oxygen atoms in total. The third kappa shape index (κ3) is 4.59. The molecule has 0 spiro atoms. The van der Waals surface area contributed by atoms with Crippen LogP contribution in [0.2, 0.25) is 0 Å². The van der Waals surface area contributed by atoms with Gasteiger partial charge in [0, 0.05) is 19.9 Å². The highest BCUT2D eigenvalue weighted by molar-refractivity contribution is 5.79. The topological polar surface area (TPSA) is 63.7 Å². The third-order valence-electron chi connectivity index (χ3n) is 1.53. The van der Waals surface area contributed by atoms with E-state index in [1.165, 1.54) is 7.05 Å². The van der Waals surface area contributed by atoms with Crippen LogP contribution in [-0.2, 0) is 19.2 Å². The summed E-state index contributed by atoms with van der Waals surface area (Å²) < 4.78 is 0. The van der Waals surface area contributed by atoms with Gasteiger partial charge in [0.25, 0.3) is 5.91 Å². The number of carbonyl (C=O) groups excluding carboxylic acids is 3. The minimum atomic E-state index is -0.466. The Hall–Kier alpha value is -1.39. The molecule has 0 aliphatic rings. The molecule has 0 atom stereocenters. The Kier molecular flexibility index (Phi) is 5.52. The molecular formula is C9H15NO4. The lowest BCUT2D eigenvalue weighted by molar-refractivity contribution is -0.195. The van der Waals surface area contributed by atoms with Crippen molar-refractivity contribution in [3.63, 3.8) is 0 Å². The Morgan fingerprint density at radius 3 is 2.43 bits per heavy atom. The molecular weight excluding hydrogens is 186 g/mol. The molecule has 0 aromatic heterocycles. The van der Waals surface area contributed by atoms with Crippen molar-refractivity contribution in [2.75, 3.05) is 7.05 Å². The highest BCUT2D eigenvalue weighted by Gasteiger charge is 2.15. The second kappa shape index (κ2) is 6.12. The summed E-state index contributed by atoms with van der Waals surface area (Å²) in [6.07, 6.45) is 0.851. The van der Waals surface area contributed by atoms with Crippen LogP contribution in [0.15, 0.2) is 0 Å². The molecule has 0 aromatic rings. The summed E-state index contributed by atoms with van der Waals surface area (Å²) >= 11 is 0. The van der Waals surface area contributed by atoms with Gasteiger partial charge in [-0.1, -0.05) is 13.8 Å². The predicted molar refractivity (Wildman–Crippen MR) is 49.0 cm³/mol. The Labute approximate surface area is 83.0 Å². The molecule has 0 radical (unpaired) electrons. The van der Waals surface area contributed by atoms with Crippen molar-refractivity contribution < 1.29 is 19.2 Å². The minimum Gasteiger partial charge on any atom is -0.338 e. The molecule has 0 aliphatic heterocycles. The van der Waals surface area contributed by atoms with E-state index in [4.69, 9.17) is 4.84 Å². The summed E-state index contributed by atoms with van der Waals surface area (Å²) in [5, 5.41) is 0.867. The smallest absolute Gasteiger partial charge is 0.335 e. The maximum absolute atomic E-state index is 11.1. The van der Waals surface area contributed by atoms with Gasteiger partial charge in [0.15, 0.2) is 0 Å². The van der Waals surface area contributed by atoms with Crippen LogP contribution in [0.5, 0.6) is 0 Å². The van der Waals surface area contributed by atoms with E-state index in [9.17, 15) is 14.4 Å². The molecule has 0 aromatic carbocycles. The van der Waals surface area contributed by atoms with E-state index in [0.29, 0.717) is 6.29 Å². The van der Waals surface area contributed by atoms with Gasteiger partial charge < -0.3 is 9.63 Å². The van der Waals surface area contributed by atoms with Crippen LogP contribution in [-0.4, -0.2) is 30.3 Å². The zero-order valence-corrected chi connectivity index (χ0v) is 8.65. The zero-order valence-electron chi connectivity index (χ0n) is 8.65. The first kappa shape index (κ1) is 12.6. The highest BCUT2D eigenvalue weighted by atomic mass is 16.7. The molecule has 0 heterocycles. The van der Waals surface area contributed by atoms with Crippen LogP contribution < -0.4 is 0 Å². The number of rotatable bonds is 4. The van der Waals surface area contributed by atoms with Crippen molar-refractivity contribution in [1.82, 2.24) is 5.06 Å². The fraction of sp³-hybridized carbons (Fsp3) is 0.667. The van der Waals surface area contributed by atoms with Gasteiger partial charge in [-0.05, 0) is 0 Å². The third-order valence-corrected chi connectivity index (χ3v) is 1.53. The largest absolute Gasteiger partial charge is 0.338 e. The molecule has 0 bridgehead atoms. The van der Waals surface area contributed by atoms with Crippen LogP contribution >= 0.6 is 0 Å². The summed E-state index contributed by atoms with van der Waals surface area (Å²) in [5.41, 5.74) is 0. The van der Waals surface area contributed by atoms with E-state index in [-0.39, 0.29) is 24.7 Å². The van der Waals surface area contributed by atoms with Crippen LogP contribution in [0.1, 0.15) is 26.7 Å². The number of hydroxylamine groups is 2. The lowest BCUT2D eigenvalue weighted by Gasteiger charge is -2.16. The molecule has 80 valence electrons. The van der Waals surface area contributed by atoms with Crippen LogP contribution in [0, 0.1) is 5.92 Å². The Balaban J connectivity index is 3.94. The maximum atomic E-state index is 11.1. The summed E-state index contributed by atoms with van der Waals surface area (Å²) in [7, 11) is 1.35. The van der Waals surface area contributed by atoms with Crippen molar-refractivity contribution in [2.24, 2.45) is 5.92 Å². The van der Waals surface area contributed by atoms with E-state index in [1.807, 2.05) is 0 Å². The fourth-order valence-electron chi connectivity index (χ4n) is 0.631.